The number of ether oxygens (including phenoxy) is 1. The second kappa shape index (κ2) is 9.62. The first-order chi connectivity index (χ1) is 15.8. The fourth-order valence-corrected chi connectivity index (χ4v) is 4.33. The highest BCUT2D eigenvalue weighted by molar-refractivity contribution is 5.94. The predicted octanol–water partition coefficient (Wildman–Crippen LogP) is 2.40. The lowest BCUT2D eigenvalue weighted by Crippen LogP contribution is -2.28. The van der Waals surface area contributed by atoms with Gasteiger partial charge in [0.25, 0.3) is 5.91 Å². The van der Waals surface area contributed by atoms with E-state index in [0.717, 1.165) is 31.2 Å². The van der Waals surface area contributed by atoms with Gasteiger partial charge >= 0.3 is 0 Å². The molecule has 1 aromatic carbocycles. The van der Waals surface area contributed by atoms with E-state index in [1.807, 2.05) is 6.07 Å². The average molecular weight is 454 g/mol. The maximum absolute atomic E-state index is 13.9. The number of hydrogen-bond acceptors (Lipinski definition) is 7. The van der Waals surface area contributed by atoms with E-state index in [-0.39, 0.29) is 23.9 Å². The first-order valence-electron chi connectivity index (χ1n) is 11.0. The maximum Gasteiger partial charge on any atom is 0.267 e. The molecule has 33 heavy (non-hydrogen) atoms. The Hall–Kier alpha value is -3.40. The van der Waals surface area contributed by atoms with Gasteiger partial charge in [-0.15, -0.1) is 10.2 Å². The predicted molar refractivity (Wildman–Crippen MR) is 120 cm³/mol. The Morgan fingerprint density at radius 1 is 1.24 bits per heavy atom. The van der Waals surface area contributed by atoms with E-state index in [0.29, 0.717) is 35.1 Å². The summed E-state index contributed by atoms with van der Waals surface area (Å²) in [4.78, 5) is 18.2. The van der Waals surface area contributed by atoms with Crippen molar-refractivity contribution in [2.75, 3.05) is 7.11 Å². The number of aromatic nitrogens is 5. The van der Waals surface area contributed by atoms with Gasteiger partial charge in [0.15, 0.2) is 11.6 Å². The number of aryl methyl sites for hydroxylation is 1. The van der Waals surface area contributed by atoms with Crippen LogP contribution in [0.1, 0.15) is 53.0 Å². The van der Waals surface area contributed by atoms with Crippen molar-refractivity contribution in [3.8, 4) is 17.1 Å². The quantitative estimate of drug-likeness (QED) is 0.561. The van der Waals surface area contributed by atoms with Gasteiger partial charge in [0.1, 0.15) is 5.69 Å². The van der Waals surface area contributed by atoms with Crippen LogP contribution in [0.5, 0.6) is 5.75 Å². The number of amides is 1. The summed E-state index contributed by atoms with van der Waals surface area (Å²) in [5.74, 6) is -0.161. The molecule has 174 valence electrons. The van der Waals surface area contributed by atoms with Crippen molar-refractivity contribution in [2.45, 2.75) is 51.6 Å². The van der Waals surface area contributed by atoms with Gasteiger partial charge in [-0.2, -0.15) is 4.80 Å². The molecule has 1 aliphatic carbocycles. The Kier molecular flexibility index (Phi) is 6.64. The number of nitrogens with zero attached hydrogens (tertiary/aromatic N) is 5. The second-order valence-electron chi connectivity index (χ2n) is 8.60. The average Bonchev–Trinajstić information content (AvgIpc) is 3.25. The highest BCUT2D eigenvalue weighted by atomic mass is 19.1. The second-order valence-corrected chi connectivity index (χ2v) is 8.60. The molecule has 1 amide bonds. The smallest absolute Gasteiger partial charge is 0.267 e. The minimum Gasteiger partial charge on any atom is -0.494 e. The fraction of sp³-hybridized carbons (Fsp3) is 0.435. The van der Waals surface area contributed by atoms with E-state index >= 15 is 0 Å². The molecule has 0 bridgehead atoms. The van der Waals surface area contributed by atoms with Gasteiger partial charge in [0, 0.05) is 23.7 Å². The lowest BCUT2D eigenvalue weighted by atomic mass is 9.86. The van der Waals surface area contributed by atoms with Crippen molar-refractivity contribution in [3.05, 3.63) is 52.6 Å². The van der Waals surface area contributed by atoms with E-state index in [9.17, 15) is 9.18 Å². The Morgan fingerprint density at radius 3 is 2.70 bits per heavy atom. The summed E-state index contributed by atoms with van der Waals surface area (Å²) in [7, 11) is 1.40. The number of pyridine rings is 1. The van der Waals surface area contributed by atoms with Crippen LogP contribution in [-0.2, 0) is 13.0 Å². The van der Waals surface area contributed by atoms with Crippen molar-refractivity contribution in [3.63, 3.8) is 0 Å². The van der Waals surface area contributed by atoms with Crippen LogP contribution in [0.25, 0.3) is 11.4 Å². The van der Waals surface area contributed by atoms with Crippen LogP contribution >= 0.6 is 0 Å². The van der Waals surface area contributed by atoms with Crippen molar-refractivity contribution >= 4 is 5.91 Å². The molecular weight excluding hydrogens is 425 g/mol. The van der Waals surface area contributed by atoms with Crippen molar-refractivity contribution < 1.29 is 13.9 Å². The Bertz CT molecular complexity index is 1160. The topological polar surface area (TPSA) is 135 Å². The number of nitrogens with two attached hydrogens (primary N) is 2. The van der Waals surface area contributed by atoms with Gasteiger partial charge in [-0.1, -0.05) is 6.07 Å². The van der Waals surface area contributed by atoms with Gasteiger partial charge in [0.2, 0.25) is 5.82 Å². The van der Waals surface area contributed by atoms with Crippen molar-refractivity contribution in [2.24, 2.45) is 17.4 Å². The molecule has 1 aliphatic rings. The van der Waals surface area contributed by atoms with Crippen molar-refractivity contribution in [1.82, 2.24) is 25.2 Å². The zero-order valence-electron chi connectivity index (χ0n) is 18.8. The first-order valence-corrected chi connectivity index (χ1v) is 11.0. The summed E-state index contributed by atoms with van der Waals surface area (Å²) in [6.45, 7) is 2.44. The third-order valence-corrected chi connectivity index (χ3v) is 6.09. The molecule has 2 heterocycles. The number of methoxy groups -OCH3 is 1. The highest BCUT2D eigenvalue weighted by Gasteiger charge is 2.23. The van der Waals surface area contributed by atoms with Crippen molar-refractivity contribution in [1.29, 1.82) is 0 Å². The summed E-state index contributed by atoms with van der Waals surface area (Å²) in [6.07, 6.45) is 4.35. The van der Waals surface area contributed by atoms with Gasteiger partial charge < -0.3 is 16.2 Å². The van der Waals surface area contributed by atoms with Gasteiger partial charge in [-0.25, -0.2) is 9.37 Å². The molecule has 10 heteroatoms. The number of carbonyl (C=O) groups excluding carboxylic acids is 1. The summed E-state index contributed by atoms with van der Waals surface area (Å²) < 4.78 is 19.0. The molecule has 0 unspecified atom stereocenters. The normalized spacial score (nSPS) is 18.3. The molecule has 0 saturated heterocycles. The minimum absolute atomic E-state index is 0.117. The molecule has 3 aromatic rings. The minimum atomic E-state index is -0.657. The number of halogens is 1. The summed E-state index contributed by atoms with van der Waals surface area (Å²) in [6, 6.07) is 6.62. The first kappa shape index (κ1) is 22.8. The third kappa shape index (κ3) is 5.16. The lowest BCUT2D eigenvalue weighted by Gasteiger charge is -2.25. The standard InChI is InChI=1S/C23H28FN7O2/c1-13-9-18(23-28-30-31(29-23)12-14-3-6-16(25)7-4-14)17(21(27-13)22(26)32)10-15-5-8-19(24)20(11-15)33-2/h5,8-9,11,14,16H,3-4,6-7,10,12,25H2,1-2H3,(H2,26,32). The number of hydrogen-bond donors (Lipinski definition) is 2. The Labute approximate surface area is 191 Å². The molecule has 0 spiro atoms. The Morgan fingerprint density at radius 2 is 2.00 bits per heavy atom. The number of primary amides is 1. The number of benzene rings is 1. The van der Waals surface area contributed by atoms with Gasteiger partial charge in [-0.3, -0.25) is 4.79 Å². The molecule has 9 nitrogen and oxygen atoms in total. The Balaban J connectivity index is 1.68. The van der Waals surface area contributed by atoms with Crippen LogP contribution in [0, 0.1) is 18.7 Å². The summed E-state index contributed by atoms with van der Waals surface area (Å²) >= 11 is 0. The van der Waals surface area contributed by atoms with Gasteiger partial charge in [0.05, 0.1) is 13.7 Å². The van der Waals surface area contributed by atoms with E-state index < -0.39 is 11.7 Å². The molecular formula is C23H28FN7O2. The molecule has 0 atom stereocenters. The SMILES string of the molecule is COc1cc(Cc2c(-c3nnn(CC4CCC(N)CC4)n3)cc(C)nc2C(N)=O)ccc1F. The molecule has 0 radical (unpaired) electrons. The molecule has 1 fully saturated rings. The summed E-state index contributed by atoms with van der Waals surface area (Å²) in [5, 5.41) is 13.1. The molecule has 0 aliphatic heterocycles. The molecule has 2 aromatic heterocycles. The van der Waals surface area contributed by atoms with Crippen LogP contribution < -0.4 is 16.2 Å². The fourth-order valence-electron chi connectivity index (χ4n) is 4.33. The zero-order chi connectivity index (χ0) is 23.5. The molecule has 1 saturated carbocycles. The third-order valence-electron chi connectivity index (χ3n) is 6.09. The van der Waals surface area contributed by atoms with E-state index in [2.05, 4.69) is 20.4 Å². The monoisotopic (exact) mass is 453 g/mol. The highest BCUT2D eigenvalue weighted by Crippen LogP contribution is 2.29. The number of carbonyl (C=O) groups is 1. The van der Waals surface area contributed by atoms with E-state index in [1.54, 1.807) is 23.9 Å². The zero-order valence-corrected chi connectivity index (χ0v) is 18.8. The molecule has 4 N–H and O–H groups in total. The van der Waals surface area contributed by atoms with Crippen LogP contribution in [0.4, 0.5) is 4.39 Å². The van der Waals surface area contributed by atoms with Crippen LogP contribution in [0.15, 0.2) is 24.3 Å². The maximum atomic E-state index is 13.9. The van der Waals surface area contributed by atoms with Gasteiger partial charge in [-0.05, 0) is 73.1 Å². The number of tetrazole rings is 1. The van der Waals surface area contributed by atoms with Crippen LogP contribution in [0.2, 0.25) is 0 Å². The van der Waals surface area contributed by atoms with Crippen LogP contribution in [-0.4, -0.2) is 44.3 Å². The summed E-state index contributed by atoms with van der Waals surface area (Å²) in [5.41, 5.74) is 14.3. The molecule has 4 rings (SSSR count). The van der Waals surface area contributed by atoms with Crippen LogP contribution in [0.3, 0.4) is 0 Å². The van der Waals surface area contributed by atoms with E-state index in [4.69, 9.17) is 16.2 Å². The van der Waals surface area contributed by atoms with E-state index in [1.165, 1.54) is 13.2 Å². The number of rotatable bonds is 7. The largest absolute Gasteiger partial charge is 0.494 e. The lowest BCUT2D eigenvalue weighted by molar-refractivity contribution is 0.0994.